The van der Waals surface area contributed by atoms with Gasteiger partial charge in [-0.25, -0.2) is 8.78 Å². The largest absolute Gasteiger partial charge is 0.328 e. The maximum atomic E-state index is 13.4. The van der Waals surface area contributed by atoms with Crippen LogP contribution in [-0.2, 0) is 6.42 Å². The van der Waals surface area contributed by atoms with E-state index in [0.29, 0.717) is 23.9 Å². The SMILES string of the molecule is NC1CCC(Cc2ccc(F)cc2F)CC1. The number of hydrogen-bond acceptors (Lipinski definition) is 1. The number of rotatable bonds is 2. The predicted molar refractivity (Wildman–Crippen MR) is 60.0 cm³/mol. The fourth-order valence-corrected chi connectivity index (χ4v) is 2.39. The Morgan fingerprint density at radius 1 is 1.12 bits per heavy atom. The first-order valence-corrected chi connectivity index (χ1v) is 5.84. The molecule has 2 rings (SSSR count). The first-order chi connectivity index (χ1) is 7.65. The summed E-state index contributed by atoms with van der Waals surface area (Å²) in [5, 5.41) is 0. The van der Waals surface area contributed by atoms with Gasteiger partial charge in [0.1, 0.15) is 11.6 Å². The van der Waals surface area contributed by atoms with E-state index in [4.69, 9.17) is 5.73 Å². The highest BCUT2D eigenvalue weighted by Crippen LogP contribution is 2.27. The van der Waals surface area contributed by atoms with Crippen molar-refractivity contribution in [2.75, 3.05) is 0 Å². The number of halogens is 2. The lowest BCUT2D eigenvalue weighted by Crippen LogP contribution is -2.27. The van der Waals surface area contributed by atoms with Gasteiger partial charge < -0.3 is 5.73 Å². The lowest BCUT2D eigenvalue weighted by atomic mass is 9.83. The molecule has 0 aromatic heterocycles. The zero-order chi connectivity index (χ0) is 11.5. The van der Waals surface area contributed by atoms with Gasteiger partial charge in [-0.1, -0.05) is 6.07 Å². The van der Waals surface area contributed by atoms with E-state index in [1.54, 1.807) is 6.07 Å². The van der Waals surface area contributed by atoms with Gasteiger partial charge in [0.15, 0.2) is 0 Å². The predicted octanol–water partition coefficient (Wildman–Crippen LogP) is 3.02. The monoisotopic (exact) mass is 225 g/mol. The van der Waals surface area contributed by atoms with Crippen LogP contribution in [-0.4, -0.2) is 6.04 Å². The van der Waals surface area contributed by atoms with Gasteiger partial charge in [0, 0.05) is 12.1 Å². The molecule has 0 radical (unpaired) electrons. The highest BCUT2D eigenvalue weighted by Gasteiger charge is 2.19. The van der Waals surface area contributed by atoms with Gasteiger partial charge in [-0.05, 0) is 49.7 Å². The molecule has 0 aliphatic heterocycles. The zero-order valence-electron chi connectivity index (χ0n) is 9.26. The van der Waals surface area contributed by atoms with Crippen molar-refractivity contribution in [1.29, 1.82) is 0 Å². The van der Waals surface area contributed by atoms with Crippen molar-refractivity contribution in [3.63, 3.8) is 0 Å². The maximum Gasteiger partial charge on any atom is 0.129 e. The van der Waals surface area contributed by atoms with Crippen molar-refractivity contribution >= 4 is 0 Å². The van der Waals surface area contributed by atoms with Crippen molar-refractivity contribution in [3.8, 4) is 0 Å². The van der Waals surface area contributed by atoms with Gasteiger partial charge in [0.25, 0.3) is 0 Å². The van der Waals surface area contributed by atoms with Crippen molar-refractivity contribution in [2.45, 2.75) is 38.1 Å². The minimum Gasteiger partial charge on any atom is -0.328 e. The van der Waals surface area contributed by atoms with Crippen LogP contribution in [0.5, 0.6) is 0 Å². The fourth-order valence-electron chi connectivity index (χ4n) is 2.39. The van der Waals surface area contributed by atoms with E-state index >= 15 is 0 Å². The first kappa shape index (κ1) is 11.5. The Hall–Kier alpha value is -0.960. The van der Waals surface area contributed by atoms with Gasteiger partial charge in [0.2, 0.25) is 0 Å². The van der Waals surface area contributed by atoms with E-state index in [1.165, 1.54) is 6.07 Å². The number of benzene rings is 1. The molecule has 0 amide bonds. The van der Waals surface area contributed by atoms with Crippen LogP contribution in [0.3, 0.4) is 0 Å². The molecule has 0 bridgehead atoms. The van der Waals surface area contributed by atoms with Gasteiger partial charge in [-0.2, -0.15) is 0 Å². The molecular weight excluding hydrogens is 208 g/mol. The molecule has 1 aliphatic carbocycles. The minimum atomic E-state index is -0.507. The van der Waals surface area contributed by atoms with Crippen LogP contribution in [0, 0.1) is 17.6 Å². The van der Waals surface area contributed by atoms with Crippen molar-refractivity contribution in [2.24, 2.45) is 11.7 Å². The molecule has 0 heterocycles. The second kappa shape index (κ2) is 4.91. The highest BCUT2D eigenvalue weighted by molar-refractivity contribution is 5.19. The number of hydrogen-bond donors (Lipinski definition) is 1. The van der Waals surface area contributed by atoms with Crippen molar-refractivity contribution < 1.29 is 8.78 Å². The quantitative estimate of drug-likeness (QED) is 0.822. The van der Waals surface area contributed by atoms with Crippen LogP contribution in [0.1, 0.15) is 31.2 Å². The number of nitrogens with two attached hydrogens (primary N) is 1. The second-order valence-corrected chi connectivity index (χ2v) is 4.72. The molecule has 1 aromatic carbocycles. The molecule has 3 heteroatoms. The molecule has 88 valence electrons. The van der Waals surface area contributed by atoms with Crippen LogP contribution in [0.15, 0.2) is 18.2 Å². The fraction of sp³-hybridized carbons (Fsp3) is 0.538. The Morgan fingerprint density at radius 3 is 2.44 bits per heavy atom. The lowest BCUT2D eigenvalue weighted by Gasteiger charge is -2.26. The molecule has 1 saturated carbocycles. The summed E-state index contributed by atoms with van der Waals surface area (Å²) in [7, 11) is 0. The second-order valence-electron chi connectivity index (χ2n) is 4.72. The molecular formula is C13H17F2N. The average molecular weight is 225 g/mol. The summed E-state index contributed by atoms with van der Waals surface area (Å²) in [4.78, 5) is 0. The van der Waals surface area contributed by atoms with Gasteiger partial charge in [-0.15, -0.1) is 0 Å². The molecule has 1 nitrogen and oxygen atoms in total. The third-order valence-electron chi connectivity index (χ3n) is 3.42. The third-order valence-corrected chi connectivity index (χ3v) is 3.42. The van der Waals surface area contributed by atoms with Crippen LogP contribution in [0.4, 0.5) is 8.78 Å². The van der Waals surface area contributed by atoms with Gasteiger partial charge in [0.05, 0.1) is 0 Å². The standard InChI is InChI=1S/C13H17F2N/c14-11-4-3-10(13(15)8-11)7-9-1-5-12(16)6-2-9/h3-4,8-9,12H,1-2,5-7,16H2. The van der Waals surface area contributed by atoms with Crippen LogP contribution >= 0.6 is 0 Å². The molecule has 1 aliphatic rings. The van der Waals surface area contributed by atoms with E-state index in [0.717, 1.165) is 31.7 Å². The Kier molecular flexibility index (Phi) is 3.54. The van der Waals surface area contributed by atoms with E-state index in [2.05, 4.69) is 0 Å². The highest BCUT2D eigenvalue weighted by atomic mass is 19.1. The summed E-state index contributed by atoms with van der Waals surface area (Å²) in [5.41, 5.74) is 6.44. The van der Waals surface area contributed by atoms with Crippen LogP contribution in [0.2, 0.25) is 0 Å². The molecule has 16 heavy (non-hydrogen) atoms. The summed E-state index contributed by atoms with van der Waals surface area (Å²) < 4.78 is 26.1. The van der Waals surface area contributed by atoms with E-state index < -0.39 is 11.6 Å². The normalized spacial score (nSPS) is 25.7. The molecule has 1 fully saturated rings. The summed E-state index contributed by atoms with van der Waals surface area (Å²) in [6.45, 7) is 0. The first-order valence-electron chi connectivity index (χ1n) is 5.84. The van der Waals surface area contributed by atoms with Crippen molar-refractivity contribution in [1.82, 2.24) is 0 Å². The van der Waals surface area contributed by atoms with E-state index in [9.17, 15) is 8.78 Å². The topological polar surface area (TPSA) is 26.0 Å². The average Bonchev–Trinajstić information content (AvgIpc) is 2.25. The third kappa shape index (κ3) is 2.79. The summed E-state index contributed by atoms with van der Waals surface area (Å²) in [5.74, 6) is -0.429. The molecule has 0 spiro atoms. The Bertz CT molecular complexity index is 357. The van der Waals surface area contributed by atoms with E-state index in [1.807, 2.05) is 0 Å². The Morgan fingerprint density at radius 2 is 1.81 bits per heavy atom. The molecule has 0 saturated heterocycles. The summed E-state index contributed by atoms with van der Waals surface area (Å²) >= 11 is 0. The minimum absolute atomic E-state index is 0.314. The summed E-state index contributed by atoms with van der Waals surface area (Å²) in [6.07, 6.45) is 4.86. The Labute approximate surface area is 94.7 Å². The smallest absolute Gasteiger partial charge is 0.129 e. The zero-order valence-corrected chi connectivity index (χ0v) is 9.26. The molecule has 0 unspecified atom stereocenters. The Balaban J connectivity index is 1.98. The van der Waals surface area contributed by atoms with Gasteiger partial charge in [-0.3, -0.25) is 0 Å². The summed E-state index contributed by atoms with van der Waals surface area (Å²) in [6, 6.07) is 4.16. The lowest BCUT2D eigenvalue weighted by molar-refractivity contribution is 0.322. The van der Waals surface area contributed by atoms with Crippen LogP contribution < -0.4 is 5.73 Å². The van der Waals surface area contributed by atoms with Gasteiger partial charge >= 0.3 is 0 Å². The van der Waals surface area contributed by atoms with Crippen molar-refractivity contribution in [3.05, 3.63) is 35.4 Å². The molecule has 2 N–H and O–H groups in total. The molecule has 1 aromatic rings. The van der Waals surface area contributed by atoms with Crippen LogP contribution in [0.25, 0.3) is 0 Å². The maximum absolute atomic E-state index is 13.4. The molecule has 0 atom stereocenters. The van der Waals surface area contributed by atoms with E-state index in [-0.39, 0.29) is 0 Å².